The number of hydrogen-bond acceptors (Lipinski definition) is 3. The van der Waals surface area contributed by atoms with E-state index >= 15 is 0 Å². The molecule has 8 heteroatoms. The molecule has 0 aliphatic heterocycles. The highest BCUT2D eigenvalue weighted by molar-refractivity contribution is 5.79. The monoisotopic (exact) mass is 402 g/mol. The van der Waals surface area contributed by atoms with Crippen LogP contribution in [0.15, 0.2) is 70.3 Å². The molecule has 152 valence electrons. The first kappa shape index (κ1) is 20.4. The van der Waals surface area contributed by atoms with Crippen LogP contribution in [0.4, 0.5) is 13.2 Å². The Kier molecular flexibility index (Phi) is 6.54. The number of nitrogens with zero attached hydrogens (tertiary/aromatic N) is 2. The van der Waals surface area contributed by atoms with E-state index in [-0.39, 0.29) is 0 Å². The summed E-state index contributed by atoms with van der Waals surface area (Å²) < 4.78 is 43.3. The van der Waals surface area contributed by atoms with Crippen molar-refractivity contribution in [3.63, 3.8) is 0 Å². The molecule has 0 spiro atoms. The van der Waals surface area contributed by atoms with Crippen molar-refractivity contribution in [2.24, 2.45) is 4.99 Å². The maximum Gasteiger partial charge on any atom is 0.416 e. The average molecular weight is 402 g/mol. The number of guanidine groups is 1. The molecule has 2 N–H and O–H groups in total. The van der Waals surface area contributed by atoms with Crippen LogP contribution in [0.1, 0.15) is 16.8 Å². The van der Waals surface area contributed by atoms with Gasteiger partial charge in [0.25, 0.3) is 0 Å². The van der Waals surface area contributed by atoms with Gasteiger partial charge < -0.3 is 15.1 Å². The summed E-state index contributed by atoms with van der Waals surface area (Å²) in [5.41, 5.74) is 1.80. The highest BCUT2D eigenvalue weighted by Crippen LogP contribution is 2.29. The minimum atomic E-state index is -4.32. The van der Waals surface area contributed by atoms with E-state index < -0.39 is 11.7 Å². The number of halogens is 3. The summed E-state index contributed by atoms with van der Waals surface area (Å²) in [5.74, 6) is 1.12. The summed E-state index contributed by atoms with van der Waals surface area (Å²) in [7, 11) is 1.64. The summed E-state index contributed by atoms with van der Waals surface area (Å²) in [6, 6.07) is 14.8. The highest BCUT2D eigenvalue weighted by Gasteiger charge is 2.29. The maximum atomic E-state index is 12.6. The van der Waals surface area contributed by atoms with Crippen LogP contribution in [0.25, 0.3) is 11.5 Å². The number of oxazole rings is 1. The molecule has 1 aromatic heterocycles. The van der Waals surface area contributed by atoms with E-state index in [4.69, 9.17) is 4.42 Å². The highest BCUT2D eigenvalue weighted by atomic mass is 19.4. The van der Waals surface area contributed by atoms with Gasteiger partial charge in [0.05, 0.1) is 17.8 Å². The Balaban J connectivity index is 1.46. The molecule has 0 aliphatic rings. The van der Waals surface area contributed by atoms with Crippen LogP contribution < -0.4 is 10.6 Å². The molecule has 0 atom stereocenters. The Labute approximate surface area is 166 Å². The fourth-order valence-corrected chi connectivity index (χ4v) is 2.68. The molecule has 0 unspecified atom stereocenters. The lowest BCUT2D eigenvalue weighted by Gasteiger charge is -2.11. The Morgan fingerprint density at radius 1 is 1.03 bits per heavy atom. The third kappa shape index (κ3) is 5.84. The van der Waals surface area contributed by atoms with E-state index in [9.17, 15) is 13.2 Å². The van der Waals surface area contributed by atoms with Crippen molar-refractivity contribution in [2.75, 3.05) is 13.6 Å². The molecule has 0 aliphatic carbocycles. The van der Waals surface area contributed by atoms with Crippen LogP contribution in [0.2, 0.25) is 0 Å². The van der Waals surface area contributed by atoms with Crippen molar-refractivity contribution in [3.8, 4) is 11.5 Å². The van der Waals surface area contributed by atoms with Gasteiger partial charge in [-0.05, 0) is 36.2 Å². The lowest BCUT2D eigenvalue weighted by molar-refractivity contribution is -0.137. The summed E-state index contributed by atoms with van der Waals surface area (Å²) >= 11 is 0. The van der Waals surface area contributed by atoms with Gasteiger partial charge in [-0.3, -0.25) is 4.99 Å². The van der Waals surface area contributed by atoms with E-state index in [1.165, 1.54) is 12.1 Å². The number of hydrogen-bond donors (Lipinski definition) is 2. The van der Waals surface area contributed by atoms with Crippen LogP contribution >= 0.6 is 0 Å². The van der Waals surface area contributed by atoms with E-state index in [2.05, 4.69) is 20.6 Å². The lowest BCUT2D eigenvalue weighted by Crippen LogP contribution is -2.37. The topological polar surface area (TPSA) is 62.5 Å². The van der Waals surface area contributed by atoms with Gasteiger partial charge in [-0.15, -0.1) is 0 Å². The normalized spacial score (nSPS) is 12.1. The van der Waals surface area contributed by atoms with Gasteiger partial charge in [-0.1, -0.05) is 30.3 Å². The zero-order valence-electron chi connectivity index (χ0n) is 15.8. The predicted molar refractivity (Wildman–Crippen MR) is 105 cm³/mol. The first-order valence-electron chi connectivity index (χ1n) is 9.06. The number of alkyl halides is 3. The molecule has 0 bridgehead atoms. The standard InChI is InChI=1S/C21H21F3N4O/c1-25-20(26-12-11-15-7-9-17(10-8-15)21(22,23)24)27-13-18-14-29-19(28-18)16-5-3-2-4-6-16/h2-10,14H,11-13H2,1H3,(H2,25,26,27). The van der Waals surface area contributed by atoms with Crippen molar-refractivity contribution < 1.29 is 17.6 Å². The van der Waals surface area contributed by atoms with Crippen LogP contribution in [-0.4, -0.2) is 24.5 Å². The zero-order valence-corrected chi connectivity index (χ0v) is 15.8. The first-order valence-corrected chi connectivity index (χ1v) is 9.06. The lowest BCUT2D eigenvalue weighted by atomic mass is 10.1. The van der Waals surface area contributed by atoms with Crippen LogP contribution in [0, 0.1) is 0 Å². The smallest absolute Gasteiger partial charge is 0.416 e. The Morgan fingerprint density at radius 3 is 2.41 bits per heavy atom. The van der Waals surface area contributed by atoms with E-state index in [0.717, 1.165) is 29.0 Å². The second-order valence-electron chi connectivity index (χ2n) is 6.31. The molecule has 0 saturated carbocycles. The average Bonchev–Trinajstić information content (AvgIpc) is 3.20. The third-order valence-corrected chi connectivity index (χ3v) is 4.22. The molecule has 0 saturated heterocycles. The molecule has 1 heterocycles. The molecule has 0 radical (unpaired) electrons. The van der Waals surface area contributed by atoms with E-state index in [0.29, 0.717) is 31.4 Å². The van der Waals surface area contributed by atoms with Gasteiger partial charge in [0.1, 0.15) is 6.26 Å². The number of aromatic nitrogens is 1. The van der Waals surface area contributed by atoms with Crippen molar-refractivity contribution in [1.82, 2.24) is 15.6 Å². The summed E-state index contributed by atoms with van der Waals surface area (Å²) in [5, 5.41) is 6.26. The molecular weight excluding hydrogens is 381 g/mol. The Morgan fingerprint density at radius 2 is 1.76 bits per heavy atom. The minimum Gasteiger partial charge on any atom is -0.444 e. The van der Waals surface area contributed by atoms with Gasteiger partial charge in [0, 0.05) is 19.2 Å². The molecule has 3 rings (SSSR count). The Bertz CT molecular complexity index is 935. The van der Waals surface area contributed by atoms with Crippen LogP contribution in [0.5, 0.6) is 0 Å². The number of nitrogens with one attached hydrogen (secondary N) is 2. The van der Waals surface area contributed by atoms with Crippen LogP contribution in [0.3, 0.4) is 0 Å². The second kappa shape index (κ2) is 9.27. The molecule has 3 aromatic rings. The van der Waals surface area contributed by atoms with E-state index in [1.807, 2.05) is 30.3 Å². The minimum absolute atomic E-state index is 0.427. The van der Waals surface area contributed by atoms with Crippen LogP contribution in [-0.2, 0) is 19.1 Å². The fourth-order valence-electron chi connectivity index (χ4n) is 2.68. The maximum absolute atomic E-state index is 12.6. The summed E-state index contributed by atoms with van der Waals surface area (Å²) in [6.07, 6.45) is -2.16. The van der Waals surface area contributed by atoms with E-state index in [1.54, 1.807) is 13.3 Å². The number of aliphatic imine (C=N–C) groups is 1. The summed E-state index contributed by atoms with van der Waals surface area (Å²) in [4.78, 5) is 8.57. The van der Waals surface area contributed by atoms with Gasteiger partial charge in [0.2, 0.25) is 5.89 Å². The second-order valence-corrected chi connectivity index (χ2v) is 6.31. The van der Waals surface area contributed by atoms with Gasteiger partial charge in [-0.25, -0.2) is 4.98 Å². The van der Waals surface area contributed by atoms with Crippen molar-refractivity contribution in [3.05, 3.63) is 77.7 Å². The zero-order chi connectivity index (χ0) is 20.7. The molecule has 29 heavy (non-hydrogen) atoms. The molecule has 5 nitrogen and oxygen atoms in total. The summed E-state index contributed by atoms with van der Waals surface area (Å²) in [6.45, 7) is 0.954. The quantitative estimate of drug-likeness (QED) is 0.478. The van der Waals surface area contributed by atoms with Crippen molar-refractivity contribution in [2.45, 2.75) is 19.1 Å². The van der Waals surface area contributed by atoms with Gasteiger partial charge in [-0.2, -0.15) is 13.2 Å². The fraction of sp³-hybridized carbons (Fsp3) is 0.238. The van der Waals surface area contributed by atoms with Gasteiger partial charge >= 0.3 is 6.18 Å². The number of rotatable bonds is 6. The van der Waals surface area contributed by atoms with Crippen molar-refractivity contribution >= 4 is 5.96 Å². The molecule has 0 amide bonds. The first-order chi connectivity index (χ1) is 14.0. The van der Waals surface area contributed by atoms with Gasteiger partial charge in [0.15, 0.2) is 5.96 Å². The molecule has 2 aromatic carbocycles. The largest absolute Gasteiger partial charge is 0.444 e. The number of benzene rings is 2. The Hall–Kier alpha value is -3.29. The molecular formula is C21H21F3N4O. The third-order valence-electron chi connectivity index (χ3n) is 4.22. The SMILES string of the molecule is CN=C(NCCc1ccc(C(F)(F)F)cc1)NCc1coc(-c2ccccc2)n1. The predicted octanol–water partition coefficient (Wildman–Crippen LogP) is 4.27. The van der Waals surface area contributed by atoms with Crippen molar-refractivity contribution in [1.29, 1.82) is 0 Å². The molecule has 0 fully saturated rings.